The van der Waals surface area contributed by atoms with Crippen molar-refractivity contribution in [1.29, 1.82) is 0 Å². The Morgan fingerprint density at radius 2 is 1.59 bits per heavy atom. The molecule has 2 aromatic carbocycles. The average Bonchev–Trinajstić information content (AvgIpc) is 3.42. The van der Waals surface area contributed by atoms with E-state index >= 15 is 0 Å². The fourth-order valence-electron chi connectivity index (χ4n) is 5.14. The normalized spacial score (nSPS) is 26.9. The van der Waals surface area contributed by atoms with Crippen LogP contribution in [0, 0.1) is 23.7 Å². The Morgan fingerprint density at radius 1 is 0.966 bits per heavy atom. The summed E-state index contributed by atoms with van der Waals surface area (Å²) >= 11 is 0. The van der Waals surface area contributed by atoms with Gasteiger partial charge in [-0.25, -0.2) is 4.90 Å². The Balaban J connectivity index is 1.48. The van der Waals surface area contributed by atoms with E-state index in [1.807, 2.05) is 31.2 Å². The first kappa shape index (κ1) is 17.9. The quantitative estimate of drug-likeness (QED) is 0.642. The standard InChI is InChI=1S/C24H22N2O3/c1-2-14-7-3-5-9-18(14)25-22(27)17-8-4-6-10-19(17)26-23(28)20-15-11-12-16(13-15)21(20)24(26)29/h3-12,15-16,20-21H,2,13H2,1H3,(H,25,27)/t15-,16-,20+,21+/m1/s1. The molecule has 0 radical (unpaired) electrons. The Hall–Kier alpha value is -3.21. The van der Waals surface area contributed by atoms with Gasteiger partial charge in [-0.15, -0.1) is 0 Å². The molecule has 3 aliphatic rings. The van der Waals surface area contributed by atoms with E-state index in [-0.39, 0.29) is 41.4 Å². The molecule has 5 rings (SSSR count). The molecule has 1 saturated heterocycles. The van der Waals surface area contributed by atoms with Crippen molar-refractivity contribution in [3.8, 4) is 0 Å². The maximum atomic E-state index is 13.2. The van der Waals surface area contributed by atoms with Crippen molar-refractivity contribution in [1.82, 2.24) is 0 Å². The summed E-state index contributed by atoms with van der Waals surface area (Å²) in [5, 5.41) is 2.95. The molecule has 0 spiro atoms. The summed E-state index contributed by atoms with van der Waals surface area (Å²) < 4.78 is 0. The zero-order valence-corrected chi connectivity index (χ0v) is 16.2. The number of hydrogen-bond donors (Lipinski definition) is 1. The van der Waals surface area contributed by atoms with Gasteiger partial charge >= 0.3 is 0 Å². The van der Waals surface area contributed by atoms with Gasteiger partial charge in [-0.1, -0.05) is 49.4 Å². The molecule has 29 heavy (non-hydrogen) atoms. The largest absolute Gasteiger partial charge is 0.322 e. The number of benzene rings is 2. The number of carbonyl (C=O) groups is 3. The number of amides is 3. The third-order valence-electron chi connectivity index (χ3n) is 6.51. The zero-order valence-electron chi connectivity index (χ0n) is 16.2. The van der Waals surface area contributed by atoms with Crippen molar-refractivity contribution in [3.63, 3.8) is 0 Å². The first-order chi connectivity index (χ1) is 14.1. The van der Waals surface area contributed by atoms with E-state index in [1.165, 1.54) is 4.90 Å². The molecule has 1 saturated carbocycles. The Bertz CT molecular complexity index is 1030. The average molecular weight is 386 g/mol. The van der Waals surface area contributed by atoms with Crippen LogP contribution in [0.3, 0.4) is 0 Å². The molecule has 3 amide bonds. The molecule has 4 atom stereocenters. The van der Waals surface area contributed by atoms with Crippen LogP contribution in [-0.4, -0.2) is 17.7 Å². The number of hydrogen-bond acceptors (Lipinski definition) is 3. The highest BCUT2D eigenvalue weighted by atomic mass is 16.2. The van der Waals surface area contributed by atoms with Gasteiger partial charge in [-0.05, 0) is 48.4 Å². The molecule has 2 bridgehead atoms. The number of nitrogens with zero attached hydrogens (tertiary/aromatic N) is 1. The van der Waals surface area contributed by atoms with E-state index in [2.05, 4.69) is 17.5 Å². The van der Waals surface area contributed by atoms with Gasteiger partial charge in [-0.3, -0.25) is 14.4 Å². The van der Waals surface area contributed by atoms with Crippen molar-refractivity contribution in [3.05, 3.63) is 71.8 Å². The lowest BCUT2D eigenvalue weighted by atomic mass is 9.85. The summed E-state index contributed by atoms with van der Waals surface area (Å²) in [6, 6.07) is 14.5. The number of rotatable bonds is 4. The topological polar surface area (TPSA) is 66.5 Å². The Kier molecular flexibility index (Phi) is 4.12. The monoisotopic (exact) mass is 386 g/mol. The van der Waals surface area contributed by atoms with Crippen LogP contribution >= 0.6 is 0 Å². The van der Waals surface area contributed by atoms with Crippen LogP contribution in [0.2, 0.25) is 0 Å². The van der Waals surface area contributed by atoms with E-state index in [1.54, 1.807) is 24.3 Å². The minimum absolute atomic E-state index is 0.142. The third kappa shape index (κ3) is 2.64. The minimum Gasteiger partial charge on any atom is -0.322 e. The van der Waals surface area contributed by atoms with Gasteiger partial charge in [0.15, 0.2) is 0 Å². The van der Waals surface area contributed by atoms with Gasteiger partial charge in [-0.2, -0.15) is 0 Å². The summed E-state index contributed by atoms with van der Waals surface area (Å²) in [4.78, 5) is 40.7. The molecule has 2 aliphatic carbocycles. The van der Waals surface area contributed by atoms with E-state index in [9.17, 15) is 14.4 Å². The number of carbonyl (C=O) groups excluding carboxylic acids is 3. The fourth-order valence-corrected chi connectivity index (χ4v) is 5.14. The van der Waals surface area contributed by atoms with E-state index in [0.717, 1.165) is 24.1 Å². The maximum absolute atomic E-state index is 13.2. The van der Waals surface area contributed by atoms with Crippen molar-refractivity contribution in [2.24, 2.45) is 23.7 Å². The fraction of sp³-hybridized carbons (Fsp3) is 0.292. The number of fused-ring (bicyclic) bond motifs is 5. The second-order valence-corrected chi connectivity index (χ2v) is 7.99. The van der Waals surface area contributed by atoms with Gasteiger partial charge in [0, 0.05) is 5.69 Å². The van der Waals surface area contributed by atoms with E-state index < -0.39 is 0 Å². The molecule has 146 valence electrons. The number of imide groups is 1. The Morgan fingerprint density at radius 3 is 2.28 bits per heavy atom. The van der Waals surface area contributed by atoms with Crippen LogP contribution in [0.1, 0.15) is 29.3 Å². The smallest absolute Gasteiger partial charge is 0.257 e. The number of anilines is 2. The third-order valence-corrected chi connectivity index (χ3v) is 6.51. The minimum atomic E-state index is -0.319. The number of allylic oxidation sites excluding steroid dienone is 2. The maximum Gasteiger partial charge on any atom is 0.257 e. The lowest BCUT2D eigenvalue weighted by molar-refractivity contribution is -0.123. The first-order valence-electron chi connectivity index (χ1n) is 10.1. The molecular formula is C24H22N2O3. The summed E-state index contributed by atoms with van der Waals surface area (Å²) in [5.74, 6) is -0.950. The summed E-state index contributed by atoms with van der Waals surface area (Å²) in [5.41, 5.74) is 2.49. The van der Waals surface area contributed by atoms with Crippen LogP contribution in [0.5, 0.6) is 0 Å². The lowest BCUT2D eigenvalue weighted by Gasteiger charge is -2.20. The van der Waals surface area contributed by atoms with Gasteiger partial charge in [0.1, 0.15) is 0 Å². The predicted octanol–water partition coefficient (Wildman–Crippen LogP) is 3.81. The summed E-state index contributed by atoms with van der Waals surface area (Å²) in [7, 11) is 0. The molecular weight excluding hydrogens is 364 g/mol. The number of para-hydroxylation sites is 2. The SMILES string of the molecule is CCc1ccccc1NC(=O)c1ccccc1N1C(=O)[C@@H]2[C@@H](C1=O)[C@@H]1C=C[C@@H]2C1. The van der Waals surface area contributed by atoms with Crippen molar-refractivity contribution < 1.29 is 14.4 Å². The van der Waals surface area contributed by atoms with Crippen LogP contribution in [-0.2, 0) is 16.0 Å². The molecule has 5 nitrogen and oxygen atoms in total. The number of nitrogens with one attached hydrogen (secondary N) is 1. The van der Waals surface area contributed by atoms with Crippen molar-refractivity contribution >= 4 is 29.1 Å². The summed E-state index contributed by atoms with van der Waals surface area (Å²) in [6.07, 6.45) is 5.82. The number of aryl methyl sites for hydroxylation is 1. The highest BCUT2D eigenvalue weighted by Gasteiger charge is 2.59. The first-order valence-corrected chi connectivity index (χ1v) is 10.1. The zero-order chi connectivity index (χ0) is 20.1. The lowest BCUT2D eigenvalue weighted by Crippen LogP contribution is -2.34. The van der Waals surface area contributed by atoms with Crippen LogP contribution < -0.4 is 10.2 Å². The van der Waals surface area contributed by atoms with Gasteiger partial charge in [0.05, 0.1) is 23.1 Å². The molecule has 1 N–H and O–H groups in total. The highest BCUT2D eigenvalue weighted by Crippen LogP contribution is 2.53. The van der Waals surface area contributed by atoms with E-state index in [4.69, 9.17) is 0 Å². The second-order valence-electron chi connectivity index (χ2n) is 7.99. The molecule has 2 fully saturated rings. The van der Waals surface area contributed by atoms with Crippen molar-refractivity contribution in [2.75, 3.05) is 10.2 Å². The molecule has 1 heterocycles. The van der Waals surface area contributed by atoms with Crippen LogP contribution in [0.25, 0.3) is 0 Å². The van der Waals surface area contributed by atoms with Crippen LogP contribution in [0.4, 0.5) is 11.4 Å². The molecule has 5 heteroatoms. The van der Waals surface area contributed by atoms with Gasteiger partial charge < -0.3 is 5.32 Å². The second kappa shape index (κ2) is 6.69. The van der Waals surface area contributed by atoms with Gasteiger partial charge in [0.25, 0.3) is 5.91 Å². The molecule has 0 aromatic heterocycles. The molecule has 2 aromatic rings. The predicted molar refractivity (Wildman–Crippen MR) is 110 cm³/mol. The highest BCUT2D eigenvalue weighted by molar-refractivity contribution is 6.25. The van der Waals surface area contributed by atoms with E-state index in [0.29, 0.717) is 11.3 Å². The van der Waals surface area contributed by atoms with Gasteiger partial charge in [0.2, 0.25) is 11.8 Å². The Labute approximate surface area is 169 Å². The molecule has 0 unspecified atom stereocenters. The molecule has 1 aliphatic heterocycles. The van der Waals surface area contributed by atoms with Crippen LogP contribution in [0.15, 0.2) is 60.7 Å². The summed E-state index contributed by atoms with van der Waals surface area (Å²) in [6.45, 7) is 2.03. The van der Waals surface area contributed by atoms with Crippen molar-refractivity contribution in [2.45, 2.75) is 19.8 Å².